The summed E-state index contributed by atoms with van der Waals surface area (Å²) in [7, 11) is 0. The van der Waals surface area contributed by atoms with Crippen molar-refractivity contribution < 1.29 is 0 Å². The van der Waals surface area contributed by atoms with Crippen molar-refractivity contribution in [3.63, 3.8) is 0 Å². The Hall–Kier alpha value is -1.34. The fourth-order valence-corrected chi connectivity index (χ4v) is 3.79. The SMILES string of the molecule is CC1=CC=CC(C)c2sc3c(c21)C=CCC=C3. The molecule has 0 aliphatic heterocycles. The molecule has 2 aliphatic carbocycles. The van der Waals surface area contributed by atoms with Gasteiger partial charge in [0.2, 0.25) is 0 Å². The van der Waals surface area contributed by atoms with Crippen LogP contribution in [0.2, 0.25) is 0 Å². The number of hydrogen-bond donors (Lipinski definition) is 0. The fourth-order valence-electron chi connectivity index (χ4n) is 2.47. The van der Waals surface area contributed by atoms with Crippen molar-refractivity contribution in [2.24, 2.45) is 0 Å². The van der Waals surface area contributed by atoms with Crippen LogP contribution in [-0.4, -0.2) is 0 Å². The van der Waals surface area contributed by atoms with Crippen LogP contribution in [-0.2, 0) is 0 Å². The number of hydrogen-bond acceptors (Lipinski definition) is 1. The lowest BCUT2D eigenvalue weighted by molar-refractivity contribution is 0.995. The lowest BCUT2D eigenvalue weighted by Gasteiger charge is -2.07. The molecule has 1 aromatic heterocycles. The van der Waals surface area contributed by atoms with Crippen molar-refractivity contribution >= 4 is 29.1 Å². The number of thiophene rings is 1. The normalized spacial score (nSPS) is 21.5. The highest BCUT2D eigenvalue weighted by atomic mass is 32.1. The molecule has 1 unspecified atom stereocenters. The van der Waals surface area contributed by atoms with Gasteiger partial charge in [-0.3, -0.25) is 0 Å². The third-order valence-electron chi connectivity index (χ3n) is 3.38. The summed E-state index contributed by atoms with van der Waals surface area (Å²) in [6, 6.07) is 0. The summed E-state index contributed by atoms with van der Waals surface area (Å²) < 4.78 is 0. The van der Waals surface area contributed by atoms with Gasteiger partial charge in [0.25, 0.3) is 0 Å². The Bertz CT molecular complexity index is 565. The molecule has 17 heavy (non-hydrogen) atoms. The Labute approximate surface area is 107 Å². The van der Waals surface area contributed by atoms with Gasteiger partial charge >= 0.3 is 0 Å². The molecule has 0 spiro atoms. The van der Waals surface area contributed by atoms with E-state index in [1.54, 1.807) is 0 Å². The van der Waals surface area contributed by atoms with Crippen molar-refractivity contribution in [2.45, 2.75) is 26.2 Å². The Kier molecular flexibility index (Phi) is 2.64. The predicted molar refractivity (Wildman–Crippen MR) is 78.2 cm³/mol. The first kappa shape index (κ1) is 10.8. The Balaban J connectivity index is 2.29. The molecule has 0 saturated heterocycles. The Morgan fingerprint density at radius 1 is 1.24 bits per heavy atom. The zero-order valence-electron chi connectivity index (χ0n) is 10.2. The molecule has 0 fully saturated rings. The first-order chi connectivity index (χ1) is 8.27. The second-order valence-electron chi connectivity index (χ2n) is 4.68. The van der Waals surface area contributed by atoms with Gasteiger partial charge in [0.1, 0.15) is 0 Å². The van der Waals surface area contributed by atoms with Crippen molar-refractivity contribution in [1.82, 2.24) is 0 Å². The summed E-state index contributed by atoms with van der Waals surface area (Å²) >= 11 is 1.95. The van der Waals surface area contributed by atoms with Crippen molar-refractivity contribution in [1.29, 1.82) is 0 Å². The second kappa shape index (κ2) is 4.15. The standard InChI is InChI=1S/C16H16S/c1-11-7-6-8-12(2)16-15(11)13-9-4-3-5-10-14(13)17-16/h4-10,12H,3H2,1-2H3. The molecule has 1 aromatic rings. The third-order valence-corrected chi connectivity index (χ3v) is 4.75. The zero-order chi connectivity index (χ0) is 11.8. The molecule has 0 radical (unpaired) electrons. The lowest BCUT2D eigenvalue weighted by Crippen LogP contribution is -1.89. The molecular formula is C16H16S. The first-order valence-electron chi connectivity index (χ1n) is 6.12. The molecule has 2 aliphatic rings. The van der Waals surface area contributed by atoms with Crippen LogP contribution in [0.15, 0.2) is 30.4 Å². The number of rotatable bonds is 0. The minimum atomic E-state index is 0.525. The molecular weight excluding hydrogens is 224 g/mol. The van der Waals surface area contributed by atoms with Crippen LogP contribution >= 0.6 is 11.3 Å². The van der Waals surface area contributed by atoms with E-state index in [2.05, 4.69) is 56.4 Å². The fraction of sp³-hybridized carbons (Fsp3) is 0.250. The van der Waals surface area contributed by atoms with Crippen molar-refractivity contribution in [2.75, 3.05) is 0 Å². The van der Waals surface area contributed by atoms with E-state index in [0.29, 0.717) is 5.92 Å². The summed E-state index contributed by atoms with van der Waals surface area (Å²) in [6.07, 6.45) is 16.8. The summed E-state index contributed by atoms with van der Waals surface area (Å²) in [4.78, 5) is 2.92. The highest BCUT2D eigenvalue weighted by Crippen LogP contribution is 2.42. The van der Waals surface area contributed by atoms with Gasteiger partial charge in [-0.1, -0.05) is 43.4 Å². The smallest absolute Gasteiger partial charge is 0.0349 e. The summed E-state index contributed by atoms with van der Waals surface area (Å²) in [5.41, 5.74) is 4.27. The second-order valence-corrected chi connectivity index (χ2v) is 5.77. The van der Waals surface area contributed by atoms with E-state index in [4.69, 9.17) is 0 Å². The molecule has 1 atom stereocenters. The number of allylic oxidation sites excluding steroid dienone is 6. The lowest BCUT2D eigenvalue weighted by atomic mass is 9.97. The minimum absolute atomic E-state index is 0.525. The molecule has 1 heterocycles. The van der Waals surface area contributed by atoms with E-state index in [9.17, 15) is 0 Å². The molecule has 1 heteroatoms. The quantitative estimate of drug-likeness (QED) is 0.580. The van der Waals surface area contributed by atoms with Crippen molar-refractivity contribution in [3.8, 4) is 0 Å². The van der Waals surface area contributed by atoms with Gasteiger partial charge in [-0.15, -0.1) is 11.3 Å². The maximum Gasteiger partial charge on any atom is 0.0349 e. The van der Waals surface area contributed by atoms with Crippen molar-refractivity contribution in [3.05, 3.63) is 51.3 Å². The maximum atomic E-state index is 2.29. The van der Waals surface area contributed by atoms with Gasteiger partial charge in [-0.25, -0.2) is 0 Å². The van der Waals surface area contributed by atoms with Crippen LogP contribution < -0.4 is 0 Å². The monoisotopic (exact) mass is 240 g/mol. The zero-order valence-corrected chi connectivity index (χ0v) is 11.1. The Morgan fingerprint density at radius 3 is 2.94 bits per heavy atom. The van der Waals surface area contributed by atoms with E-state index < -0.39 is 0 Å². The predicted octanol–water partition coefficient (Wildman–Crippen LogP) is 5.25. The molecule has 0 saturated carbocycles. The number of fused-ring (bicyclic) bond motifs is 3. The Morgan fingerprint density at radius 2 is 2.06 bits per heavy atom. The first-order valence-corrected chi connectivity index (χ1v) is 6.94. The van der Waals surface area contributed by atoms with Gasteiger partial charge in [-0.05, 0) is 36.1 Å². The topological polar surface area (TPSA) is 0 Å². The van der Waals surface area contributed by atoms with E-state index in [1.807, 2.05) is 11.3 Å². The van der Waals surface area contributed by atoms with Crippen LogP contribution in [0.25, 0.3) is 17.7 Å². The van der Waals surface area contributed by atoms with Crippen LogP contribution in [0.1, 0.15) is 47.1 Å². The van der Waals surface area contributed by atoms with E-state index in [-0.39, 0.29) is 0 Å². The largest absolute Gasteiger partial charge is 0.139 e. The van der Waals surface area contributed by atoms with E-state index in [1.165, 1.54) is 26.5 Å². The van der Waals surface area contributed by atoms with Gasteiger partial charge in [-0.2, -0.15) is 0 Å². The summed E-state index contributed by atoms with van der Waals surface area (Å²) in [6.45, 7) is 4.50. The summed E-state index contributed by atoms with van der Waals surface area (Å²) in [5, 5.41) is 0. The third kappa shape index (κ3) is 1.75. The average Bonchev–Trinajstić information content (AvgIpc) is 2.44. The average molecular weight is 240 g/mol. The van der Waals surface area contributed by atoms with Crippen LogP contribution in [0.5, 0.6) is 0 Å². The van der Waals surface area contributed by atoms with Gasteiger partial charge in [0, 0.05) is 15.7 Å². The van der Waals surface area contributed by atoms with Gasteiger partial charge in [0.15, 0.2) is 0 Å². The van der Waals surface area contributed by atoms with Crippen LogP contribution in [0.4, 0.5) is 0 Å². The van der Waals surface area contributed by atoms with Crippen LogP contribution in [0, 0.1) is 0 Å². The van der Waals surface area contributed by atoms with E-state index >= 15 is 0 Å². The summed E-state index contributed by atoms with van der Waals surface area (Å²) in [5.74, 6) is 0.525. The minimum Gasteiger partial charge on any atom is -0.139 e. The molecule has 0 nitrogen and oxygen atoms in total. The molecule has 3 rings (SSSR count). The molecule has 0 amide bonds. The molecule has 86 valence electrons. The van der Waals surface area contributed by atoms with Gasteiger partial charge < -0.3 is 0 Å². The molecule has 0 aromatic carbocycles. The maximum absolute atomic E-state index is 2.29. The highest BCUT2D eigenvalue weighted by Gasteiger charge is 2.20. The van der Waals surface area contributed by atoms with E-state index in [0.717, 1.165) is 6.42 Å². The highest BCUT2D eigenvalue weighted by molar-refractivity contribution is 7.13. The molecule has 0 N–H and O–H groups in total. The van der Waals surface area contributed by atoms with Crippen LogP contribution in [0.3, 0.4) is 0 Å². The molecule has 0 bridgehead atoms. The van der Waals surface area contributed by atoms with Gasteiger partial charge in [0.05, 0.1) is 0 Å².